The molecule has 1 aromatic heterocycles. The molecule has 1 fully saturated rings. The molecule has 4 rings (SSSR count). The lowest BCUT2D eigenvalue weighted by atomic mass is 10.1. The van der Waals surface area contributed by atoms with Crippen LogP contribution in [0, 0.1) is 5.82 Å². The number of halogens is 4. The molecule has 2 aromatic carbocycles. The van der Waals surface area contributed by atoms with Gasteiger partial charge >= 0.3 is 0 Å². The van der Waals surface area contributed by atoms with Gasteiger partial charge in [-0.15, -0.1) is 0 Å². The van der Waals surface area contributed by atoms with Crippen LogP contribution in [0.15, 0.2) is 47.5 Å². The summed E-state index contributed by atoms with van der Waals surface area (Å²) in [6.45, 7) is 2.13. The molecule has 7 nitrogen and oxygen atoms in total. The van der Waals surface area contributed by atoms with E-state index in [4.69, 9.17) is 44.3 Å². The van der Waals surface area contributed by atoms with Crippen LogP contribution in [0.2, 0.25) is 15.3 Å². The Kier molecular flexibility index (Phi) is 7.81. The number of hydrogen-bond donors (Lipinski definition) is 0. The van der Waals surface area contributed by atoms with Crippen molar-refractivity contribution >= 4 is 63.8 Å². The molecule has 2 amide bonds. The van der Waals surface area contributed by atoms with E-state index in [1.165, 1.54) is 6.07 Å². The van der Waals surface area contributed by atoms with E-state index in [-0.39, 0.29) is 34.1 Å². The van der Waals surface area contributed by atoms with Crippen LogP contribution in [-0.4, -0.2) is 32.6 Å². The average Bonchev–Trinajstić information content (AvgIpc) is 3.07. The lowest BCUT2D eigenvalue weighted by Crippen LogP contribution is -2.27. The molecular weight excluding hydrogens is 540 g/mol. The van der Waals surface area contributed by atoms with Gasteiger partial charge in [0.25, 0.3) is 17.0 Å². The fraction of sp³-hybridized carbons (Fsp3) is 0.130. The molecule has 0 unspecified atom stereocenters. The third kappa shape index (κ3) is 5.87. The highest BCUT2D eigenvalue weighted by Gasteiger charge is 2.35. The van der Waals surface area contributed by atoms with Crippen LogP contribution in [0.1, 0.15) is 18.1 Å². The molecule has 0 atom stereocenters. The van der Waals surface area contributed by atoms with Crippen LogP contribution in [0.4, 0.5) is 9.18 Å². The van der Waals surface area contributed by atoms with Gasteiger partial charge < -0.3 is 9.47 Å². The maximum absolute atomic E-state index is 14.0. The van der Waals surface area contributed by atoms with Crippen LogP contribution in [0.5, 0.6) is 17.4 Å². The van der Waals surface area contributed by atoms with E-state index in [1.54, 1.807) is 43.3 Å². The van der Waals surface area contributed by atoms with Gasteiger partial charge in [-0.2, -0.15) is 9.37 Å². The predicted octanol–water partition coefficient (Wildman–Crippen LogP) is 7.00. The lowest BCUT2D eigenvalue weighted by molar-refractivity contribution is -0.123. The number of aromatic nitrogens is 2. The molecule has 1 saturated heterocycles. The number of thioether (sulfide) groups is 1. The quantitative estimate of drug-likeness (QED) is 0.230. The summed E-state index contributed by atoms with van der Waals surface area (Å²) >= 11 is 18.5. The summed E-state index contributed by atoms with van der Waals surface area (Å²) in [5.74, 6) is -1.13. The second-order valence-corrected chi connectivity index (χ2v) is 9.20. The monoisotopic (exact) mass is 553 g/mol. The smallest absolute Gasteiger partial charge is 0.293 e. The van der Waals surface area contributed by atoms with E-state index < -0.39 is 17.0 Å². The molecule has 0 radical (unpaired) electrons. The minimum absolute atomic E-state index is 0.0585. The Labute approximate surface area is 218 Å². The number of benzene rings is 2. The SMILES string of the molecule is CCOc1cc(/C=C2/SC(=O)N(Cc3ccc(Cl)c(Cl)c3)C2=O)ccc1Oc1nc(Cl)ncc1F. The minimum Gasteiger partial charge on any atom is -0.490 e. The summed E-state index contributed by atoms with van der Waals surface area (Å²) in [6, 6.07) is 9.68. The fourth-order valence-electron chi connectivity index (χ4n) is 3.08. The van der Waals surface area contributed by atoms with Crippen LogP contribution < -0.4 is 9.47 Å². The molecule has 12 heteroatoms. The largest absolute Gasteiger partial charge is 0.490 e. The third-order valence-electron chi connectivity index (χ3n) is 4.65. The van der Waals surface area contributed by atoms with E-state index in [0.29, 0.717) is 27.8 Å². The standard InChI is InChI=1S/C23H15Cl3FN3O4S/c1-2-33-18-8-12(4-6-17(18)34-20-16(27)10-28-22(26)29-20)9-19-21(31)30(23(32)35-19)11-13-3-5-14(24)15(25)7-13/h3-10H,2,11H2,1H3/b19-9+. The van der Waals surface area contributed by atoms with E-state index in [2.05, 4.69) is 9.97 Å². The van der Waals surface area contributed by atoms with Crippen molar-refractivity contribution in [2.75, 3.05) is 6.61 Å². The molecule has 0 bridgehead atoms. The zero-order valence-electron chi connectivity index (χ0n) is 17.9. The third-order valence-corrected chi connectivity index (χ3v) is 6.48. The van der Waals surface area contributed by atoms with Crippen molar-refractivity contribution in [1.82, 2.24) is 14.9 Å². The molecule has 0 spiro atoms. The summed E-state index contributed by atoms with van der Waals surface area (Å²) in [4.78, 5) is 34.0. The molecule has 0 saturated carbocycles. The van der Waals surface area contributed by atoms with Crippen molar-refractivity contribution < 1.29 is 23.5 Å². The van der Waals surface area contributed by atoms with Crippen LogP contribution in [0.25, 0.3) is 6.08 Å². The highest BCUT2D eigenvalue weighted by molar-refractivity contribution is 8.18. The van der Waals surface area contributed by atoms with E-state index >= 15 is 0 Å². The van der Waals surface area contributed by atoms with Gasteiger partial charge in [0, 0.05) is 0 Å². The summed E-state index contributed by atoms with van der Waals surface area (Å²) in [5.41, 5.74) is 1.24. The number of rotatable bonds is 7. The summed E-state index contributed by atoms with van der Waals surface area (Å²) in [7, 11) is 0. The van der Waals surface area contributed by atoms with Gasteiger partial charge in [-0.05, 0) is 71.8 Å². The molecule has 35 heavy (non-hydrogen) atoms. The van der Waals surface area contributed by atoms with Crippen LogP contribution in [0.3, 0.4) is 0 Å². The van der Waals surface area contributed by atoms with Gasteiger partial charge in [0.15, 0.2) is 11.5 Å². The van der Waals surface area contributed by atoms with Gasteiger partial charge in [-0.3, -0.25) is 14.5 Å². The average molecular weight is 555 g/mol. The number of hydrogen-bond acceptors (Lipinski definition) is 7. The first-order chi connectivity index (χ1) is 16.7. The topological polar surface area (TPSA) is 81.6 Å². The number of carbonyl (C=O) groups is 2. The van der Waals surface area contributed by atoms with Crippen molar-refractivity contribution in [3.63, 3.8) is 0 Å². The Morgan fingerprint density at radius 2 is 1.89 bits per heavy atom. The molecule has 3 aromatic rings. The van der Waals surface area contributed by atoms with Gasteiger partial charge in [0.05, 0.1) is 34.3 Å². The van der Waals surface area contributed by atoms with Gasteiger partial charge in [-0.1, -0.05) is 35.3 Å². The number of ether oxygens (including phenoxy) is 2. The van der Waals surface area contributed by atoms with Gasteiger partial charge in [0.2, 0.25) is 11.1 Å². The molecule has 0 N–H and O–H groups in total. The normalized spacial score (nSPS) is 14.7. The minimum atomic E-state index is -0.795. The first-order valence-corrected chi connectivity index (χ1v) is 12.0. The Morgan fingerprint density at radius 1 is 1.09 bits per heavy atom. The first kappa shape index (κ1) is 25.2. The number of nitrogens with zero attached hydrogens (tertiary/aromatic N) is 3. The highest BCUT2D eigenvalue weighted by Crippen LogP contribution is 2.37. The van der Waals surface area contributed by atoms with Crippen molar-refractivity contribution in [3.8, 4) is 17.4 Å². The lowest BCUT2D eigenvalue weighted by Gasteiger charge is -2.13. The highest BCUT2D eigenvalue weighted by atomic mass is 35.5. The molecule has 180 valence electrons. The molecule has 1 aliphatic heterocycles. The molecule has 0 aliphatic carbocycles. The summed E-state index contributed by atoms with van der Waals surface area (Å²) in [5, 5.41) is 0.134. The predicted molar refractivity (Wildman–Crippen MR) is 133 cm³/mol. The van der Waals surface area contributed by atoms with Crippen molar-refractivity contribution in [3.05, 3.63) is 79.8 Å². The number of imide groups is 1. The van der Waals surface area contributed by atoms with Gasteiger partial charge in [0.1, 0.15) is 0 Å². The second-order valence-electron chi connectivity index (χ2n) is 7.05. The van der Waals surface area contributed by atoms with E-state index in [1.807, 2.05) is 0 Å². The number of amides is 2. The molecular formula is C23H15Cl3FN3O4S. The zero-order valence-corrected chi connectivity index (χ0v) is 21.0. The maximum atomic E-state index is 14.0. The maximum Gasteiger partial charge on any atom is 0.293 e. The Bertz CT molecular complexity index is 1360. The molecule has 2 heterocycles. The van der Waals surface area contributed by atoms with E-state index in [9.17, 15) is 14.0 Å². The fourth-order valence-corrected chi connectivity index (χ4v) is 4.37. The molecule has 1 aliphatic rings. The summed E-state index contributed by atoms with van der Waals surface area (Å²) < 4.78 is 25.1. The zero-order chi connectivity index (χ0) is 25.1. The van der Waals surface area contributed by atoms with E-state index in [0.717, 1.165) is 22.9 Å². The Hall–Kier alpha value is -2.85. The van der Waals surface area contributed by atoms with Crippen molar-refractivity contribution in [2.24, 2.45) is 0 Å². The second kappa shape index (κ2) is 10.8. The Morgan fingerprint density at radius 3 is 2.63 bits per heavy atom. The first-order valence-electron chi connectivity index (χ1n) is 10.1. The van der Waals surface area contributed by atoms with Gasteiger partial charge in [-0.25, -0.2) is 4.98 Å². The van der Waals surface area contributed by atoms with Crippen LogP contribution >= 0.6 is 46.6 Å². The Balaban J connectivity index is 1.57. The number of carbonyl (C=O) groups excluding carboxylic acids is 2. The summed E-state index contributed by atoms with van der Waals surface area (Å²) in [6.07, 6.45) is 2.46. The van der Waals surface area contributed by atoms with Crippen molar-refractivity contribution in [2.45, 2.75) is 13.5 Å². The van der Waals surface area contributed by atoms with Crippen LogP contribution in [-0.2, 0) is 11.3 Å². The van der Waals surface area contributed by atoms with Crippen molar-refractivity contribution in [1.29, 1.82) is 0 Å².